The van der Waals surface area contributed by atoms with Crippen molar-refractivity contribution < 1.29 is 14.3 Å². The van der Waals surface area contributed by atoms with Gasteiger partial charge in [-0.2, -0.15) is 0 Å². The van der Waals surface area contributed by atoms with E-state index in [1.807, 2.05) is 24.4 Å². The van der Waals surface area contributed by atoms with Gasteiger partial charge in [0.25, 0.3) is 11.8 Å². The van der Waals surface area contributed by atoms with Crippen LogP contribution in [0.15, 0.2) is 23.2 Å². The maximum Gasteiger partial charge on any atom is 0.277 e. The predicted octanol–water partition coefficient (Wildman–Crippen LogP) is 2.99. The summed E-state index contributed by atoms with van der Waals surface area (Å²) in [6.07, 6.45) is 2.80. The minimum atomic E-state index is -0.155. The van der Waals surface area contributed by atoms with Gasteiger partial charge in [-0.1, -0.05) is 13.0 Å². The van der Waals surface area contributed by atoms with E-state index in [0.717, 1.165) is 30.8 Å². The van der Waals surface area contributed by atoms with Crippen molar-refractivity contribution in [2.75, 3.05) is 32.8 Å². The van der Waals surface area contributed by atoms with Gasteiger partial charge in [-0.05, 0) is 43.6 Å². The summed E-state index contributed by atoms with van der Waals surface area (Å²) in [5.41, 5.74) is 1.20. The van der Waals surface area contributed by atoms with Gasteiger partial charge in [0.05, 0.1) is 5.57 Å². The van der Waals surface area contributed by atoms with E-state index in [-0.39, 0.29) is 11.8 Å². The van der Waals surface area contributed by atoms with Crippen molar-refractivity contribution in [2.45, 2.75) is 33.1 Å². The van der Waals surface area contributed by atoms with E-state index in [2.05, 4.69) is 11.8 Å². The number of ether oxygens (including phenoxy) is 1. The monoisotopic (exact) mass is 362 g/mol. The lowest BCUT2D eigenvalue weighted by molar-refractivity contribution is -0.137. The van der Waals surface area contributed by atoms with Crippen LogP contribution in [-0.4, -0.2) is 54.5 Å². The summed E-state index contributed by atoms with van der Waals surface area (Å²) in [5, 5.41) is 1.95. The molecule has 2 aliphatic heterocycles. The average molecular weight is 362 g/mol. The first kappa shape index (κ1) is 18.1. The molecule has 2 amide bonds. The molecule has 0 atom stereocenters. The van der Waals surface area contributed by atoms with E-state index in [0.29, 0.717) is 43.4 Å². The molecule has 1 aromatic heterocycles. The second kappa shape index (κ2) is 8.15. The maximum absolute atomic E-state index is 13.0. The first-order valence-corrected chi connectivity index (χ1v) is 9.98. The summed E-state index contributed by atoms with van der Waals surface area (Å²) in [4.78, 5) is 30.4. The SMILES string of the molecule is CCOCCCN1C(=O)C(c2cccs2)=C(N2CCC(C)CC2)C1=O. The molecule has 136 valence electrons. The van der Waals surface area contributed by atoms with Crippen LogP contribution < -0.4 is 0 Å². The Balaban J connectivity index is 1.84. The van der Waals surface area contributed by atoms with Gasteiger partial charge < -0.3 is 9.64 Å². The number of carbonyl (C=O) groups is 2. The van der Waals surface area contributed by atoms with Crippen LogP contribution in [0.25, 0.3) is 5.57 Å². The molecule has 1 saturated heterocycles. The Morgan fingerprint density at radius 1 is 1.24 bits per heavy atom. The molecule has 25 heavy (non-hydrogen) atoms. The number of piperidine rings is 1. The summed E-state index contributed by atoms with van der Waals surface area (Å²) < 4.78 is 5.35. The van der Waals surface area contributed by atoms with E-state index in [9.17, 15) is 9.59 Å². The molecule has 6 heteroatoms. The highest BCUT2D eigenvalue weighted by molar-refractivity contribution is 7.11. The van der Waals surface area contributed by atoms with Crippen LogP contribution in [0.3, 0.4) is 0 Å². The van der Waals surface area contributed by atoms with E-state index >= 15 is 0 Å². The van der Waals surface area contributed by atoms with E-state index in [4.69, 9.17) is 4.74 Å². The van der Waals surface area contributed by atoms with Crippen LogP contribution in [0.4, 0.5) is 0 Å². The van der Waals surface area contributed by atoms with E-state index in [1.165, 1.54) is 16.2 Å². The van der Waals surface area contributed by atoms with Gasteiger partial charge in [-0.3, -0.25) is 14.5 Å². The second-order valence-electron chi connectivity index (χ2n) is 6.68. The molecule has 0 radical (unpaired) electrons. The third-order valence-corrected chi connectivity index (χ3v) is 5.77. The molecule has 0 bridgehead atoms. The number of imide groups is 1. The minimum Gasteiger partial charge on any atom is -0.382 e. The molecular weight excluding hydrogens is 336 g/mol. The maximum atomic E-state index is 13.0. The van der Waals surface area contributed by atoms with E-state index < -0.39 is 0 Å². The fourth-order valence-electron chi connectivity index (χ4n) is 3.40. The zero-order chi connectivity index (χ0) is 17.8. The Morgan fingerprint density at radius 2 is 2.00 bits per heavy atom. The number of likely N-dealkylation sites (tertiary alicyclic amines) is 1. The third-order valence-electron chi connectivity index (χ3n) is 4.89. The molecule has 1 fully saturated rings. The van der Waals surface area contributed by atoms with Crippen LogP contribution in [-0.2, 0) is 14.3 Å². The predicted molar refractivity (Wildman–Crippen MR) is 99.0 cm³/mol. The molecule has 0 spiro atoms. The number of hydrogen-bond acceptors (Lipinski definition) is 5. The highest BCUT2D eigenvalue weighted by atomic mass is 32.1. The lowest BCUT2D eigenvalue weighted by Gasteiger charge is -2.32. The van der Waals surface area contributed by atoms with Crippen LogP contribution in [0.1, 0.15) is 38.0 Å². The summed E-state index contributed by atoms with van der Waals surface area (Å²) in [5.74, 6) is 0.383. The fraction of sp³-hybridized carbons (Fsp3) is 0.579. The molecule has 3 heterocycles. The number of rotatable bonds is 7. The third kappa shape index (κ3) is 3.80. The van der Waals surface area contributed by atoms with Gasteiger partial charge in [0.1, 0.15) is 5.70 Å². The molecule has 0 unspecified atom stereocenters. The fourth-order valence-corrected chi connectivity index (χ4v) is 4.17. The normalized spacial score (nSPS) is 19.4. The van der Waals surface area contributed by atoms with Gasteiger partial charge in [0.2, 0.25) is 0 Å². The lowest BCUT2D eigenvalue weighted by atomic mass is 9.98. The highest BCUT2D eigenvalue weighted by Crippen LogP contribution is 2.35. The average Bonchev–Trinajstić information content (AvgIpc) is 3.21. The summed E-state index contributed by atoms with van der Waals surface area (Å²) >= 11 is 1.52. The Bertz CT molecular complexity index is 646. The molecule has 0 aromatic carbocycles. The van der Waals surface area contributed by atoms with Gasteiger partial charge >= 0.3 is 0 Å². The van der Waals surface area contributed by atoms with Crippen molar-refractivity contribution in [2.24, 2.45) is 5.92 Å². The zero-order valence-corrected chi connectivity index (χ0v) is 15.8. The summed E-state index contributed by atoms with van der Waals surface area (Å²) in [6.45, 7) is 7.51. The van der Waals surface area contributed by atoms with Gasteiger partial charge in [0, 0.05) is 37.7 Å². The summed E-state index contributed by atoms with van der Waals surface area (Å²) in [6, 6.07) is 3.86. The Kier molecular flexibility index (Phi) is 5.91. The minimum absolute atomic E-state index is 0.139. The van der Waals surface area contributed by atoms with Crippen LogP contribution in [0.5, 0.6) is 0 Å². The smallest absolute Gasteiger partial charge is 0.277 e. The number of nitrogens with zero attached hydrogens (tertiary/aromatic N) is 2. The Labute approximate surface area is 153 Å². The molecule has 1 aromatic rings. The topological polar surface area (TPSA) is 49.9 Å². The molecule has 0 aliphatic carbocycles. The number of carbonyl (C=O) groups excluding carboxylic acids is 2. The van der Waals surface area contributed by atoms with E-state index in [1.54, 1.807) is 0 Å². The van der Waals surface area contributed by atoms with Crippen LogP contribution >= 0.6 is 11.3 Å². The quantitative estimate of drug-likeness (QED) is 0.553. The molecule has 3 rings (SSSR count). The molecule has 5 nitrogen and oxygen atoms in total. The lowest BCUT2D eigenvalue weighted by Crippen LogP contribution is -2.39. The van der Waals surface area contributed by atoms with Gasteiger partial charge in [0.15, 0.2) is 0 Å². The van der Waals surface area contributed by atoms with Gasteiger partial charge in [-0.15, -0.1) is 11.3 Å². The zero-order valence-electron chi connectivity index (χ0n) is 15.0. The van der Waals surface area contributed by atoms with Crippen molar-refractivity contribution in [3.8, 4) is 0 Å². The molecular formula is C19H26N2O3S. The Morgan fingerprint density at radius 3 is 2.64 bits per heavy atom. The first-order chi connectivity index (χ1) is 12.1. The Hall–Kier alpha value is -1.66. The van der Waals surface area contributed by atoms with Crippen molar-refractivity contribution in [3.63, 3.8) is 0 Å². The largest absolute Gasteiger partial charge is 0.382 e. The van der Waals surface area contributed by atoms with Gasteiger partial charge in [-0.25, -0.2) is 0 Å². The number of amides is 2. The van der Waals surface area contributed by atoms with Crippen molar-refractivity contribution >= 4 is 28.7 Å². The number of hydrogen-bond donors (Lipinski definition) is 0. The molecule has 2 aliphatic rings. The molecule has 0 N–H and O–H groups in total. The number of thiophene rings is 1. The van der Waals surface area contributed by atoms with Crippen molar-refractivity contribution in [1.82, 2.24) is 9.80 Å². The summed E-state index contributed by atoms with van der Waals surface area (Å²) in [7, 11) is 0. The first-order valence-electron chi connectivity index (χ1n) is 9.10. The van der Waals surface area contributed by atoms with Crippen molar-refractivity contribution in [1.29, 1.82) is 0 Å². The highest BCUT2D eigenvalue weighted by Gasteiger charge is 2.42. The van der Waals surface area contributed by atoms with Crippen LogP contribution in [0, 0.1) is 5.92 Å². The van der Waals surface area contributed by atoms with Crippen LogP contribution in [0.2, 0.25) is 0 Å². The molecule has 0 saturated carbocycles. The second-order valence-corrected chi connectivity index (χ2v) is 7.63. The standard InChI is InChI=1S/C19H26N2O3S/c1-3-24-12-5-9-21-18(22)16(15-6-4-13-25-15)17(19(21)23)20-10-7-14(2)8-11-20/h4,6,13-14H,3,5,7-12H2,1-2H3. The van der Waals surface area contributed by atoms with Crippen molar-refractivity contribution in [3.05, 3.63) is 28.1 Å².